The lowest BCUT2D eigenvalue weighted by Gasteiger charge is -2.33. The maximum Gasteiger partial charge on any atom is 0.310 e. The van der Waals surface area contributed by atoms with Crippen LogP contribution in [-0.2, 0) is 0 Å². The van der Waals surface area contributed by atoms with Crippen LogP contribution in [-0.4, -0.2) is 43.0 Å². The van der Waals surface area contributed by atoms with Gasteiger partial charge < -0.3 is 9.80 Å². The third-order valence-corrected chi connectivity index (χ3v) is 3.16. The van der Waals surface area contributed by atoms with E-state index >= 15 is 0 Å². The molecule has 0 radical (unpaired) electrons. The van der Waals surface area contributed by atoms with Crippen molar-refractivity contribution in [3.63, 3.8) is 0 Å². The number of hydrogen-bond acceptors (Lipinski definition) is 5. The summed E-state index contributed by atoms with van der Waals surface area (Å²) in [7, 11) is 2.03. The summed E-state index contributed by atoms with van der Waals surface area (Å²) < 4.78 is 0. The first-order chi connectivity index (χ1) is 8.63. The molecule has 0 saturated carbocycles. The fourth-order valence-electron chi connectivity index (χ4n) is 2.12. The van der Waals surface area contributed by atoms with Crippen molar-refractivity contribution in [1.29, 1.82) is 5.26 Å². The molecule has 1 aliphatic rings. The van der Waals surface area contributed by atoms with E-state index in [0.29, 0.717) is 5.69 Å². The zero-order valence-electron chi connectivity index (χ0n) is 10.2. The first-order valence-corrected chi connectivity index (χ1v) is 5.74. The molecule has 0 bridgehead atoms. The maximum atomic E-state index is 11.1. The molecule has 1 aliphatic heterocycles. The van der Waals surface area contributed by atoms with E-state index in [2.05, 4.69) is 4.90 Å². The van der Waals surface area contributed by atoms with Crippen molar-refractivity contribution in [2.45, 2.75) is 0 Å². The van der Waals surface area contributed by atoms with E-state index in [-0.39, 0.29) is 11.3 Å². The molecule has 94 valence electrons. The Kier molecular flexibility index (Phi) is 3.44. The van der Waals surface area contributed by atoms with Gasteiger partial charge in [-0.15, -0.1) is 0 Å². The number of nitro groups is 1. The van der Waals surface area contributed by atoms with E-state index in [4.69, 9.17) is 5.26 Å². The number of hydrogen-bond donors (Lipinski definition) is 0. The highest BCUT2D eigenvalue weighted by molar-refractivity contribution is 5.70. The lowest BCUT2D eigenvalue weighted by Crippen LogP contribution is -2.44. The highest BCUT2D eigenvalue weighted by Crippen LogP contribution is 2.31. The molecule has 1 aromatic carbocycles. The largest absolute Gasteiger partial charge is 0.363 e. The van der Waals surface area contributed by atoms with Gasteiger partial charge in [0.05, 0.1) is 4.92 Å². The minimum Gasteiger partial charge on any atom is -0.363 e. The van der Waals surface area contributed by atoms with Crippen molar-refractivity contribution >= 4 is 11.4 Å². The van der Waals surface area contributed by atoms with E-state index in [1.54, 1.807) is 12.1 Å². The van der Waals surface area contributed by atoms with Crippen LogP contribution < -0.4 is 4.90 Å². The van der Waals surface area contributed by atoms with Crippen molar-refractivity contribution in [2.75, 3.05) is 38.1 Å². The zero-order chi connectivity index (χ0) is 13.1. The zero-order valence-corrected chi connectivity index (χ0v) is 10.2. The Balaban J connectivity index is 2.39. The Morgan fingerprint density at radius 3 is 2.56 bits per heavy atom. The van der Waals surface area contributed by atoms with Gasteiger partial charge in [-0.25, -0.2) is 0 Å². The number of piperazine rings is 1. The normalized spacial score (nSPS) is 16.3. The third kappa shape index (κ3) is 2.26. The van der Waals surface area contributed by atoms with Gasteiger partial charge in [0.15, 0.2) is 0 Å². The van der Waals surface area contributed by atoms with Crippen LogP contribution in [0.15, 0.2) is 18.2 Å². The topological polar surface area (TPSA) is 73.4 Å². The molecular formula is C12H14N4O2. The van der Waals surface area contributed by atoms with Gasteiger partial charge in [0.1, 0.15) is 17.3 Å². The van der Waals surface area contributed by atoms with Crippen LogP contribution in [0.25, 0.3) is 0 Å². The fraction of sp³-hybridized carbons (Fsp3) is 0.417. The second-order valence-electron chi connectivity index (χ2n) is 4.33. The average molecular weight is 246 g/mol. The predicted octanol–water partition coefficient (Wildman–Crippen LogP) is 1.22. The predicted molar refractivity (Wildman–Crippen MR) is 67.5 cm³/mol. The lowest BCUT2D eigenvalue weighted by molar-refractivity contribution is -0.384. The van der Waals surface area contributed by atoms with Gasteiger partial charge in [-0.05, 0) is 19.2 Å². The molecule has 0 amide bonds. The Bertz CT molecular complexity index is 501. The van der Waals surface area contributed by atoms with Gasteiger partial charge in [-0.3, -0.25) is 10.1 Å². The molecule has 0 unspecified atom stereocenters. The SMILES string of the molecule is CN1CCN(c2cccc(C#N)c2[N+](=O)[O-])CC1. The summed E-state index contributed by atoms with van der Waals surface area (Å²) in [6.45, 7) is 3.22. The summed E-state index contributed by atoms with van der Waals surface area (Å²) in [6.07, 6.45) is 0. The monoisotopic (exact) mass is 246 g/mol. The van der Waals surface area contributed by atoms with Crippen LogP contribution in [0.2, 0.25) is 0 Å². The van der Waals surface area contributed by atoms with Gasteiger partial charge in [0.2, 0.25) is 0 Å². The number of nitriles is 1. The summed E-state index contributed by atoms with van der Waals surface area (Å²) in [6, 6.07) is 6.78. The molecule has 2 rings (SSSR count). The quantitative estimate of drug-likeness (QED) is 0.579. The van der Waals surface area contributed by atoms with Gasteiger partial charge in [0, 0.05) is 26.2 Å². The fourth-order valence-corrected chi connectivity index (χ4v) is 2.12. The number of anilines is 1. The third-order valence-electron chi connectivity index (χ3n) is 3.16. The summed E-state index contributed by atoms with van der Waals surface area (Å²) in [4.78, 5) is 14.8. The molecule has 1 saturated heterocycles. The van der Waals surface area contributed by atoms with Gasteiger partial charge in [0.25, 0.3) is 0 Å². The van der Waals surface area contributed by atoms with E-state index in [9.17, 15) is 10.1 Å². The highest BCUT2D eigenvalue weighted by atomic mass is 16.6. The molecule has 6 nitrogen and oxygen atoms in total. The standard InChI is InChI=1S/C12H14N4O2/c1-14-5-7-15(8-6-14)11-4-2-3-10(9-13)12(11)16(17)18/h2-4H,5-8H2,1H3. The van der Waals surface area contributed by atoms with Gasteiger partial charge in [-0.1, -0.05) is 6.07 Å². The van der Waals surface area contributed by atoms with Crippen molar-refractivity contribution in [3.05, 3.63) is 33.9 Å². The molecule has 1 heterocycles. The molecule has 0 N–H and O–H groups in total. The Morgan fingerprint density at radius 1 is 1.33 bits per heavy atom. The van der Waals surface area contributed by atoms with E-state index < -0.39 is 4.92 Å². The van der Waals surface area contributed by atoms with Crippen molar-refractivity contribution in [3.8, 4) is 6.07 Å². The van der Waals surface area contributed by atoms with Crippen LogP contribution in [0.3, 0.4) is 0 Å². The van der Waals surface area contributed by atoms with Crippen molar-refractivity contribution in [2.24, 2.45) is 0 Å². The van der Waals surface area contributed by atoms with E-state index in [1.807, 2.05) is 18.0 Å². The van der Waals surface area contributed by atoms with Crippen molar-refractivity contribution in [1.82, 2.24) is 4.90 Å². The van der Waals surface area contributed by atoms with Crippen LogP contribution in [0.5, 0.6) is 0 Å². The molecule has 18 heavy (non-hydrogen) atoms. The molecule has 0 aliphatic carbocycles. The van der Waals surface area contributed by atoms with Gasteiger partial charge in [-0.2, -0.15) is 5.26 Å². The number of nitrogens with zero attached hydrogens (tertiary/aromatic N) is 4. The molecule has 6 heteroatoms. The summed E-state index contributed by atoms with van der Waals surface area (Å²) in [5.41, 5.74) is 0.591. The Labute approximate surface area is 105 Å². The molecule has 1 aromatic rings. The molecular weight excluding hydrogens is 232 g/mol. The Hall–Kier alpha value is -2.13. The number of nitro benzene ring substituents is 1. The van der Waals surface area contributed by atoms with Gasteiger partial charge >= 0.3 is 5.69 Å². The van der Waals surface area contributed by atoms with Crippen LogP contribution >= 0.6 is 0 Å². The molecule has 0 aromatic heterocycles. The van der Waals surface area contributed by atoms with Crippen LogP contribution in [0.4, 0.5) is 11.4 Å². The highest BCUT2D eigenvalue weighted by Gasteiger charge is 2.25. The summed E-state index contributed by atoms with van der Waals surface area (Å²) in [5.74, 6) is 0. The number of rotatable bonds is 2. The number of para-hydroxylation sites is 1. The van der Waals surface area contributed by atoms with Crippen molar-refractivity contribution < 1.29 is 4.92 Å². The summed E-state index contributed by atoms with van der Waals surface area (Å²) in [5, 5.41) is 20.1. The average Bonchev–Trinajstić information content (AvgIpc) is 2.38. The lowest BCUT2D eigenvalue weighted by atomic mass is 10.1. The van der Waals surface area contributed by atoms with E-state index in [0.717, 1.165) is 26.2 Å². The maximum absolute atomic E-state index is 11.1. The molecule has 0 spiro atoms. The molecule has 0 atom stereocenters. The first-order valence-electron chi connectivity index (χ1n) is 5.74. The van der Waals surface area contributed by atoms with Crippen LogP contribution in [0, 0.1) is 21.4 Å². The second kappa shape index (κ2) is 5.02. The molecule has 1 fully saturated rings. The van der Waals surface area contributed by atoms with Crippen LogP contribution in [0.1, 0.15) is 5.56 Å². The Morgan fingerprint density at radius 2 is 2.00 bits per heavy atom. The van der Waals surface area contributed by atoms with E-state index in [1.165, 1.54) is 6.07 Å². The minimum absolute atomic E-state index is 0.0791. The number of benzene rings is 1. The smallest absolute Gasteiger partial charge is 0.310 e. The first kappa shape index (κ1) is 12.3. The summed E-state index contributed by atoms with van der Waals surface area (Å²) >= 11 is 0. The minimum atomic E-state index is -0.466. The second-order valence-corrected chi connectivity index (χ2v) is 4.33. The number of likely N-dealkylation sites (N-methyl/N-ethyl adjacent to an activating group) is 1.